The van der Waals surface area contributed by atoms with Crippen molar-refractivity contribution in [3.05, 3.63) is 66.9 Å². The number of hydrogen-bond acceptors (Lipinski definition) is 15. The number of carbonyl (C=O) groups excluding carboxylic acids is 1. The fourth-order valence-electron chi connectivity index (χ4n) is 7.71. The molecule has 0 aliphatic carbocycles. The van der Waals surface area contributed by atoms with E-state index in [9.17, 15) is 9.36 Å². The van der Waals surface area contributed by atoms with Gasteiger partial charge in [-0.3, -0.25) is 27.9 Å². The summed E-state index contributed by atoms with van der Waals surface area (Å²) in [5, 5.41) is -0.516. The van der Waals surface area contributed by atoms with Crippen LogP contribution in [0.15, 0.2) is 55.6 Å². The number of aromatic nitrogens is 8. The van der Waals surface area contributed by atoms with Crippen molar-refractivity contribution in [2.45, 2.75) is 140 Å². The highest BCUT2D eigenvalue weighted by Crippen LogP contribution is 2.62. The maximum atomic E-state index is 17.4. The van der Waals surface area contributed by atoms with E-state index in [0.717, 1.165) is 11.4 Å². The molecule has 23 heteroatoms. The second-order valence-electron chi connectivity index (χ2n) is 20.2. The number of benzene rings is 1. The summed E-state index contributed by atoms with van der Waals surface area (Å²) >= 11 is 0.776. The van der Waals surface area contributed by atoms with Crippen molar-refractivity contribution in [1.29, 1.82) is 0 Å². The third-order valence-electron chi connectivity index (χ3n) is 13.7. The van der Waals surface area contributed by atoms with Gasteiger partial charge in [0.2, 0.25) is 0 Å². The van der Waals surface area contributed by atoms with Crippen LogP contribution in [-0.2, 0) is 38.4 Å². The number of hydrogen-bond donors (Lipinski definition) is 0. The summed E-state index contributed by atoms with van der Waals surface area (Å²) in [4.78, 5) is 42.8. The van der Waals surface area contributed by atoms with Crippen LogP contribution in [0.4, 0.5) is 14.6 Å². The number of nitrogens with zero attached hydrogens (tertiary/aromatic N) is 9. The highest BCUT2D eigenvalue weighted by Gasteiger charge is 2.55. The highest BCUT2D eigenvalue weighted by atomic mass is 32.7. The van der Waals surface area contributed by atoms with E-state index in [4.69, 9.17) is 27.4 Å². The Morgan fingerprint density at radius 2 is 1.49 bits per heavy atom. The molecule has 2 fully saturated rings. The van der Waals surface area contributed by atoms with Crippen LogP contribution in [0.25, 0.3) is 22.3 Å². The van der Waals surface area contributed by atoms with Crippen LogP contribution >= 0.6 is 18.2 Å². The molecule has 0 N–H and O–H groups in total. The van der Waals surface area contributed by atoms with Crippen molar-refractivity contribution in [2.75, 3.05) is 30.9 Å². The van der Waals surface area contributed by atoms with E-state index < -0.39 is 85.2 Å². The molecule has 3 aliphatic heterocycles. The quantitative estimate of drug-likeness (QED) is 0.0856. The molecule has 8 rings (SSSR count). The first kappa shape index (κ1) is 50.4. The number of amides is 1. The van der Waals surface area contributed by atoms with E-state index in [0.29, 0.717) is 35.3 Å². The van der Waals surface area contributed by atoms with Gasteiger partial charge in [0.25, 0.3) is 5.91 Å². The van der Waals surface area contributed by atoms with E-state index in [1.54, 1.807) is 24.3 Å². The number of imidazole rings is 2. The van der Waals surface area contributed by atoms with Crippen LogP contribution in [0.2, 0.25) is 36.3 Å². The lowest BCUT2D eigenvalue weighted by Crippen LogP contribution is -2.49. The van der Waals surface area contributed by atoms with Crippen molar-refractivity contribution in [1.82, 2.24) is 39.0 Å². The van der Waals surface area contributed by atoms with E-state index in [1.165, 1.54) is 45.6 Å². The molecule has 4 aromatic heterocycles. The summed E-state index contributed by atoms with van der Waals surface area (Å²) in [6.45, 7) is 15.7. The molecule has 1 aromatic carbocycles. The van der Waals surface area contributed by atoms with Gasteiger partial charge in [-0.1, -0.05) is 65.7 Å². The number of ether oxygens (including phenoxy) is 2. The van der Waals surface area contributed by atoms with Crippen LogP contribution in [-0.4, -0.2) is 124 Å². The van der Waals surface area contributed by atoms with Crippen molar-refractivity contribution < 1.29 is 45.5 Å². The predicted octanol–water partition coefficient (Wildman–Crippen LogP) is 9.02. The summed E-state index contributed by atoms with van der Waals surface area (Å²) < 4.78 is 91.1. The van der Waals surface area contributed by atoms with Gasteiger partial charge in [-0.15, -0.1) is 5.92 Å². The molecule has 9 atom stereocenters. The minimum Gasteiger partial charge on any atom is -0.414 e. The molecule has 1 unspecified atom stereocenters. The van der Waals surface area contributed by atoms with Gasteiger partial charge in [0.1, 0.15) is 42.6 Å². The first-order valence-corrected chi connectivity index (χ1v) is 31.8. The summed E-state index contributed by atoms with van der Waals surface area (Å²) in [6, 6.07) is 8.70. The van der Waals surface area contributed by atoms with Gasteiger partial charge in [0.05, 0.1) is 38.1 Å². The van der Waals surface area contributed by atoms with Gasteiger partial charge in [-0.2, -0.15) is 0 Å². The number of rotatable bonds is 7. The third kappa shape index (κ3) is 9.85. The number of fused-ring (bicyclic) bond motifs is 6. The van der Waals surface area contributed by atoms with Crippen LogP contribution < -0.4 is 4.90 Å². The monoisotopic (exact) mass is 1010 g/mol. The highest BCUT2D eigenvalue weighted by molar-refractivity contribution is 8.54. The van der Waals surface area contributed by atoms with Gasteiger partial charge in [-0.05, 0) is 66.0 Å². The summed E-state index contributed by atoms with van der Waals surface area (Å²) in [7, 11) is -5.12. The summed E-state index contributed by atoms with van der Waals surface area (Å²) in [5.74, 6) is 6.05. The number of halogens is 2. The molecule has 366 valence electrons. The molecule has 5 aromatic rings. The number of aryl methyl sites for hydroxylation is 1. The van der Waals surface area contributed by atoms with Crippen molar-refractivity contribution in [3.63, 3.8) is 0 Å². The second kappa shape index (κ2) is 19.3. The number of carbonyl (C=O) groups is 1. The average molecular weight is 1010 g/mol. The first-order chi connectivity index (χ1) is 32.0. The van der Waals surface area contributed by atoms with E-state index >= 15 is 8.78 Å². The van der Waals surface area contributed by atoms with E-state index in [2.05, 4.69) is 75.6 Å². The average Bonchev–Trinajstić information content (AvgIpc) is 4.06. The smallest absolute Gasteiger partial charge is 0.389 e. The minimum absolute atomic E-state index is 0.0596. The zero-order chi connectivity index (χ0) is 49.0. The molecule has 68 heavy (non-hydrogen) atoms. The van der Waals surface area contributed by atoms with Gasteiger partial charge >= 0.3 is 6.80 Å². The van der Waals surface area contributed by atoms with E-state index in [-0.39, 0.29) is 40.2 Å². The van der Waals surface area contributed by atoms with Crippen LogP contribution in [0.5, 0.6) is 0 Å². The minimum atomic E-state index is -4.28. The molecule has 0 spiro atoms. The fraction of sp³-hybridized carbons (Fsp3) is 0.578. The van der Waals surface area contributed by atoms with Gasteiger partial charge in [0.15, 0.2) is 64.1 Å². The van der Waals surface area contributed by atoms with Gasteiger partial charge in [0, 0.05) is 18.4 Å². The number of alkyl halides is 2. The summed E-state index contributed by atoms with van der Waals surface area (Å²) in [6.07, 6.45) is -3.55. The molecule has 3 aliphatic rings. The molecule has 12 bridgehead atoms. The Morgan fingerprint density at radius 3 is 2.15 bits per heavy atom. The van der Waals surface area contributed by atoms with E-state index in [1.807, 2.05) is 39.9 Å². The summed E-state index contributed by atoms with van der Waals surface area (Å²) in [5.41, 5.74) is 2.08. The van der Waals surface area contributed by atoms with Crippen LogP contribution in [0, 0.1) is 11.8 Å². The predicted molar refractivity (Wildman–Crippen MR) is 260 cm³/mol. The second-order valence-corrected chi connectivity index (χ2v) is 33.9. The fourth-order valence-corrected chi connectivity index (χ4v) is 12.2. The lowest BCUT2D eigenvalue weighted by atomic mass is 10.1. The molecule has 0 saturated carbocycles. The molecule has 1 amide bonds. The Labute approximate surface area is 401 Å². The molecule has 7 heterocycles. The van der Waals surface area contributed by atoms with Crippen LogP contribution in [0.1, 0.15) is 76.5 Å². The Morgan fingerprint density at radius 1 is 0.853 bits per heavy atom. The SMILES string of the molecule is CS[P@@]1(=O)OC[C@H]2O[C@H]([C@H](F)[C@@H]2O[Si](C)(C)C(C)(C)C)n2cnc3c(ncnc32)N(C(=O)c2ccccc2)CC#CCCc2ncnc3c2ncn3[C@@H]2O[C@H](CO[Si](C)(C)C(C)(C)C)C(O1)[C@H]2F. The van der Waals surface area contributed by atoms with Gasteiger partial charge in [-0.25, -0.2) is 43.2 Å². The maximum absolute atomic E-state index is 17.4. The zero-order valence-corrected chi connectivity index (χ0v) is 44.0. The third-order valence-corrected chi connectivity index (χ3v) is 26.1. The Balaban J connectivity index is 1.22. The lowest BCUT2D eigenvalue weighted by Gasteiger charge is -2.39. The zero-order valence-electron chi connectivity index (χ0n) is 40.3. The number of anilines is 1. The molecule has 0 radical (unpaired) electrons. The van der Waals surface area contributed by atoms with Gasteiger partial charge < -0.3 is 18.3 Å². The van der Waals surface area contributed by atoms with Crippen molar-refractivity contribution in [2.24, 2.45) is 0 Å². The molecular formula is C45H60F2N9O8PSSi2. The topological polar surface area (TPSA) is 180 Å². The van der Waals surface area contributed by atoms with Crippen LogP contribution in [0.3, 0.4) is 0 Å². The Hall–Kier alpha value is -4.02. The first-order valence-electron chi connectivity index (χ1n) is 22.6. The standard InChI is InChI=1S/C45H60F2N9O8PSSi2/c1-44(2,3)67(8,9)60-23-31-36-32(46)42(62-31)55-26-52-34-29(48-24-49-38(34)55)20-16-13-17-21-54(41(57)28-18-14-12-15-19-28)39-35-40(51-25-50-39)56(27-53-35)43-33(47)37(64-68(10,11)45(4,5)6)30(61-43)22-59-65(58,63-36)66-7/h12,14-15,18-19,24-27,30-33,36-37,42-43H,16,20-23H2,1-11H3/t30-,31-,32-,33-,36?,37-,42-,43-,65+/m1/s1. The largest absolute Gasteiger partial charge is 0.414 e. The molecule has 17 nitrogen and oxygen atoms in total. The van der Waals surface area contributed by atoms with Crippen molar-refractivity contribution in [3.8, 4) is 11.8 Å². The Bertz CT molecular complexity index is 2750. The normalized spacial score (nSPS) is 27.7. The van der Waals surface area contributed by atoms with Crippen molar-refractivity contribution >= 4 is 68.9 Å². The lowest BCUT2D eigenvalue weighted by molar-refractivity contribution is -0.0482. The maximum Gasteiger partial charge on any atom is 0.389 e. The molecule has 2 saturated heterocycles. The Kier molecular flexibility index (Phi) is 14.3. The molecular weight excluding hydrogens is 952 g/mol.